The number of para-hydroxylation sites is 1. The molecule has 0 amide bonds. The fraction of sp³-hybridized carbons (Fsp3) is 0.483. The largest absolute Gasteiger partial charge is 0.479 e. The molecule has 232 valence electrons. The zero-order valence-electron chi connectivity index (χ0n) is 23.6. The molecule has 2 bridgehead atoms. The van der Waals surface area contributed by atoms with Crippen molar-refractivity contribution < 1.29 is 32.9 Å². The van der Waals surface area contributed by atoms with Crippen LogP contribution in [0.1, 0.15) is 55.8 Å². The minimum Gasteiger partial charge on any atom is -0.479 e. The Labute approximate surface area is 252 Å². The van der Waals surface area contributed by atoms with Crippen LogP contribution < -0.4 is 16.0 Å². The monoisotopic (exact) mass is 629 g/mol. The highest BCUT2D eigenvalue weighted by molar-refractivity contribution is 7.21. The van der Waals surface area contributed by atoms with Crippen molar-refractivity contribution in [2.45, 2.75) is 88.6 Å². The molecule has 2 aliphatic heterocycles. The zero-order valence-corrected chi connectivity index (χ0v) is 24.4. The lowest BCUT2D eigenvalue weighted by Gasteiger charge is -2.32. The standard InChI is InChI=1S/C29H29F2N5O7S/c1-15-22-23(37)35(29(8-9-29)26(38)39)28(40)34(25(22)44-24(15)36-32-10-11-33-36)14-21(19-4-2-3-5-20(19)43-27(30)31)42-18-12-16-6-7-17(13-18)41-16/h2-5,10-11,16-18,21,27H,6-9,12-14H2,1H3,(H,38,39)/t16-,17+,18?,21-/m0/s1. The molecule has 1 N–H and O–H groups in total. The van der Waals surface area contributed by atoms with Crippen LogP contribution in [0.2, 0.25) is 0 Å². The van der Waals surface area contributed by atoms with Crippen molar-refractivity contribution in [1.29, 1.82) is 0 Å². The van der Waals surface area contributed by atoms with Crippen LogP contribution in [-0.2, 0) is 26.4 Å². The molecule has 1 unspecified atom stereocenters. The van der Waals surface area contributed by atoms with E-state index in [2.05, 4.69) is 10.2 Å². The number of aryl methyl sites for hydroxylation is 1. The lowest BCUT2D eigenvalue weighted by molar-refractivity contribution is -0.142. The maximum Gasteiger partial charge on any atom is 0.387 e. The van der Waals surface area contributed by atoms with Gasteiger partial charge in [0.15, 0.2) is 0 Å². The zero-order chi connectivity index (χ0) is 30.7. The SMILES string of the molecule is Cc1c(-n2nccn2)sc2c1c(=O)n(C1(C(=O)O)CC1)c(=O)n2C[C@H](OC1C[C@H]2CC[C@@H](C1)O2)c1ccccc1OC(F)F. The fourth-order valence-electron chi connectivity index (χ4n) is 6.52. The van der Waals surface area contributed by atoms with Gasteiger partial charge in [-0.3, -0.25) is 9.36 Å². The van der Waals surface area contributed by atoms with Crippen molar-refractivity contribution in [3.63, 3.8) is 0 Å². The quantitative estimate of drug-likeness (QED) is 0.278. The van der Waals surface area contributed by atoms with Gasteiger partial charge >= 0.3 is 18.3 Å². The molecular formula is C29H29F2N5O7S. The Bertz CT molecular complexity index is 1840. The van der Waals surface area contributed by atoms with Gasteiger partial charge in [0.1, 0.15) is 27.2 Å². The van der Waals surface area contributed by atoms with Crippen molar-refractivity contribution >= 4 is 27.5 Å². The summed E-state index contributed by atoms with van der Waals surface area (Å²) in [5.41, 5.74) is -2.43. The third-order valence-electron chi connectivity index (χ3n) is 8.77. The van der Waals surface area contributed by atoms with Crippen LogP contribution in [0.4, 0.5) is 8.78 Å². The third kappa shape index (κ3) is 4.82. The van der Waals surface area contributed by atoms with Crippen molar-refractivity contribution in [2.75, 3.05) is 0 Å². The van der Waals surface area contributed by atoms with Crippen molar-refractivity contribution in [1.82, 2.24) is 24.1 Å². The van der Waals surface area contributed by atoms with E-state index in [9.17, 15) is 28.3 Å². The number of carbonyl (C=O) groups is 1. The van der Waals surface area contributed by atoms with Crippen LogP contribution in [0.25, 0.3) is 15.2 Å². The molecule has 3 aliphatic rings. The van der Waals surface area contributed by atoms with E-state index in [1.54, 1.807) is 25.1 Å². The van der Waals surface area contributed by atoms with Crippen LogP contribution in [0.3, 0.4) is 0 Å². The average Bonchev–Trinajstić information content (AvgIpc) is 3.27. The number of halogens is 2. The molecule has 4 aromatic rings. The van der Waals surface area contributed by atoms with E-state index in [0.717, 1.165) is 28.7 Å². The normalized spacial score (nSPS) is 22.9. The van der Waals surface area contributed by atoms with E-state index in [1.165, 1.54) is 27.8 Å². The summed E-state index contributed by atoms with van der Waals surface area (Å²) < 4.78 is 46.6. The van der Waals surface area contributed by atoms with Crippen LogP contribution >= 0.6 is 11.3 Å². The number of rotatable bonds is 10. The first-order chi connectivity index (χ1) is 21.2. The molecule has 1 aromatic carbocycles. The Hall–Kier alpha value is -3.95. The second-order valence-electron chi connectivity index (χ2n) is 11.5. The third-order valence-corrected chi connectivity index (χ3v) is 10.1. The Morgan fingerprint density at radius 1 is 1.16 bits per heavy atom. The highest BCUT2D eigenvalue weighted by Gasteiger charge is 2.55. The summed E-state index contributed by atoms with van der Waals surface area (Å²) in [4.78, 5) is 42.1. The molecule has 1 saturated carbocycles. The van der Waals surface area contributed by atoms with Crippen molar-refractivity contribution in [3.8, 4) is 10.8 Å². The molecule has 2 saturated heterocycles. The van der Waals surface area contributed by atoms with Crippen LogP contribution in [0.15, 0.2) is 46.2 Å². The summed E-state index contributed by atoms with van der Waals surface area (Å²) in [6, 6.07) is 6.24. The Kier molecular flexibility index (Phi) is 7.13. The van der Waals surface area contributed by atoms with E-state index < -0.39 is 35.5 Å². The molecule has 7 rings (SSSR count). The van der Waals surface area contributed by atoms with Gasteiger partial charge < -0.3 is 19.3 Å². The molecule has 44 heavy (non-hydrogen) atoms. The van der Waals surface area contributed by atoms with Crippen molar-refractivity contribution in [3.05, 3.63) is 68.6 Å². The molecular weight excluding hydrogens is 600 g/mol. The van der Waals surface area contributed by atoms with E-state index in [0.29, 0.717) is 29.0 Å². The molecule has 0 spiro atoms. The van der Waals surface area contributed by atoms with Gasteiger partial charge in [-0.05, 0) is 51.5 Å². The number of carboxylic acid groups (broad SMARTS) is 1. The Balaban J connectivity index is 1.41. The molecule has 3 fully saturated rings. The Morgan fingerprint density at radius 2 is 1.84 bits per heavy atom. The van der Waals surface area contributed by atoms with Gasteiger partial charge in [0, 0.05) is 11.1 Å². The van der Waals surface area contributed by atoms with Gasteiger partial charge in [-0.1, -0.05) is 29.5 Å². The second kappa shape index (κ2) is 10.9. The number of alkyl halides is 2. The van der Waals surface area contributed by atoms with Gasteiger partial charge in [-0.15, -0.1) is 4.80 Å². The number of thiophene rings is 1. The van der Waals surface area contributed by atoms with E-state index in [4.69, 9.17) is 14.2 Å². The van der Waals surface area contributed by atoms with Gasteiger partial charge in [-0.2, -0.15) is 19.0 Å². The lowest BCUT2D eigenvalue weighted by Crippen LogP contribution is -2.49. The van der Waals surface area contributed by atoms with E-state index >= 15 is 0 Å². The summed E-state index contributed by atoms with van der Waals surface area (Å²) in [5.74, 6) is -1.38. The maximum atomic E-state index is 14.2. The highest BCUT2D eigenvalue weighted by atomic mass is 32.1. The predicted octanol–water partition coefficient (Wildman–Crippen LogP) is 3.76. The van der Waals surface area contributed by atoms with E-state index in [1.807, 2.05) is 0 Å². The average molecular weight is 630 g/mol. The second-order valence-corrected chi connectivity index (χ2v) is 12.5. The first-order valence-electron chi connectivity index (χ1n) is 14.4. The summed E-state index contributed by atoms with van der Waals surface area (Å²) in [7, 11) is 0. The number of hydrogen-bond donors (Lipinski definition) is 1. The van der Waals surface area contributed by atoms with Crippen LogP contribution in [0.5, 0.6) is 5.75 Å². The molecule has 3 aromatic heterocycles. The first kappa shape index (κ1) is 28.8. The number of ether oxygens (including phenoxy) is 3. The molecule has 0 radical (unpaired) electrons. The molecule has 5 heterocycles. The lowest BCUT2D eigenvalue weighted by atomic mass is 10.0. The number of nitrogens with zero attached hydrogens (tertiary/aromatic N) is 5. The number of benzene rings is 1. The summed E-state index contributed by atoms with van der Waals surface area (Å²) >= 11 is 1.11. The van der Waals surface area contributed by atoms with E-state index in [-0.39, 0.29) is 53.7 Å². The summed E-state index contributed by atoms with van der Waals surface area (Å²) in [6.07, 6.45) is 5.00. The number of carboxylic acids is 1. The number of aromatic nitrogens is 5. The maximum absolute atomic E-state index is 14.2. The minimum absolute atomic E-state index is 0.0256. The Morgan fingerprint density at radius 3 is 2.48 bits per heavy atom. The smallest absolute Gasteiger partial charge is 0.387 e. The predicted molar refractivity (Wildman–Crippen MR) is 153 cm³/mol. The van der Waals surface area contributed by atoms with Gasteiger partial charge in [-0.25, -0.2) is 14.2 Å². The van der Waals surface area contributed by atoms with Gasteiger partial charge in [0.05, 0.1) is 42.6 Å². The first-order valence-corrected chi connectivity index (χ1v) is 15.2. The summed E-state index contributed by atoms with van der Waals surface area (Å²) in [6.45, 7) is -1.61. The molecule has 4 atom stereocenters. The van der Waals surface area contributed by atoms with Gasteiger partial charge in [0.2, 0.25) is 0 Å². The minimum atomic E-state index is -3.10. The molecule has 15 heteroatoms. The molecule has 12 nitrogen and oxygen atoms in total. The molecule has 1 aliphatic carbocycles. The van der Waals surface area contributed by atoms with Crippen LogP contribution in [0, 0.1) is 6.92 Å². The van der Waals surface area contributed by atoms with Crippen molar-refractivity contribution in [2.24, 2.45) is 0 Å². The summed E-state index contributed by atoms with van der Waals surface area (Å²) in [5, 5.41) is 19.1. The number of hydrogen-bond acceptors (Lipinski definition) is 9. The van der Waals surface area contributed by atoms with Crippen LogP contribution in [-0.4, -0.2) is 60.1 Å². The number of fused-ring (bicyclic) bond motifs is 3. The van der Waals surface area contributed by atoms with Gasteiger partial charge in [0.25, 0.3) is 5.56 Å². The number of aliphatic carboxylic acids is 1. The topological polar surface area (TPSA) is 140 Å². The fourth-order valence-corrected chi connectivity index (χ4v) is 7.74. The highest BCUT2D eigenvalue weighted by Crippen LogP contribution is 2.43.